The van der Waals surface area contributed by atoms with Gasteiger partial charge in [-0.3, -0.25) is 19.1 Å². The molecule has 2 atom stereocenters. The van der Waals surface area contributed by atoms with E-state index in [0.717, 1.165) is 5.56 Å². The van der Waals surface area contributed by atoms with Crippen LogP contribution in [0, 0.1) is 0 Å². The number of alkyl halides is 1. The number of hydrogen-bond donors (Lipinski definition) is 2. The van der Waals surface area contributed by atoms with Gasteiger partial charge in [0.25, 0.3) is 5.91 Å². The number of halogens is 2. The molecular weight excluding hydrogens is 525 g/mol. The molecule has 3 N–H and O–H groups in total. The van der Waals surface area contributed by atoms with Crippen LogP contribution in [0.25, 0.3) is 16.5 Å². The summed E-state index contributed by atoms with van der Waals surface area (Å²) in [6.07, 6.45) is 1.64. The van der Waals surface area contributed by atoms with E-state index >= 15 is 0 Å². The fourth-order valence-corrected chi connectivity index (χ4v) is 4.72. The molecule has 3 amide bonds. The summed E-state index contributed by atoms with van der Waals surface area (Å²) in [7, 11) is 1.53. The summed E-state index contributed by atoms with van der Waals surface area (Å²) in [6.45, 7) is 3.42. The van der Waals surface area contributed by atoms with E-state index in [2.05, 4.69) is 27.2 Å². The SMILES string of the molecule is C=C/C(=C\N=NC)c1ccc2c(c1)c(C(N)=O)nn2CC(=O)N1C[C@H](F)C[C@H]1C(=O)NCc1cccc(Cl)c1. The summed E-state index contributed by atoms with van der Waals surface area (Å²) in [5.41, 5.74) is 8.13. The Morgan fingerprint density at radius 3 is 2.77 bits per heavy atom. The molecule has 2 heterocycles. The van der Waals surface area contributed by atoms with Crippen LogP contribution >= 0.6 is 11.6 Å². The van der Waals surface area contributed by atoms with Crippen molar-refractivity contribution in [2.24, 2.45) is 16.0 Å². The van der Waals surface area contributed by atoms with Crippen LogP contribution in [0.3, 0.4) is 0 Å². The molecule has 0 aliphatic carbocycles. The number of amides is 3. The van der Waals surface area contributed by atoms with Crippen molar-refractivity contribution in [3.8, 4) is 0 Å². The van der Waals surface area contributed by atoms with E-state index < -0.39 is 29.9 Å². The Morgan fingerprint density at radius 2 is 2.08 bits per heavy atom. The first kappa shape index (κ1) is 27.6. The first-order valence-corrected chi connectivity index (χ1v) is 12.5. The van der Waals surface area contributed by atoms with Crippen molar-refractivity contribution in [1.82, 2.24) is 20.0 Å². The van der Waals surface area contributed by atoms with Crippen molar-refractivity contribution < 1.29 is 18.8 Å². The number of rotatable bonds is 9. The quantitative estimate of drug-likeness (QED) is 0.310. The van der Waals surface area contributed by atoms with Crippen LogP contribution in [-0.4, -0.2) is 58.2 Å². The van der Waals surface area contributed by atoms with Crippen LogP contribution in [0.15, 0.2) is 71.5 Å². The molecule has 1 aromatic heterocycles. The number of hydrogen-bond acceptors (Lipinski definition) is 6. The largest absolute Gasteiger partial charge is 0.364 e. The lowest BCUT2D eigenvalue weighted by atomic mass is 10.0. The number of carbonyl (C=O) groups excluding carboxylic acids is 3. The van der Waals surface area contributed by atoms with Gasteiger partial charge < -0.3 is 16.0 Å². The maximum atomic E-state index is 14.4. The Kier molecular flexibility index (Phi) is 8.50. The molecule has 2 aromatic carbocycles. The zero-order valence-corrected chi connectivity index (χ0v) is 21.9. The van der Waals surface area contributed by atoms with Gasteiger partial charge in [-0.1, -0.05) is 42.5 Å². The Balaban J connectivity index is 1.56. The van der Waals surface area contributed by atoms with Gasteiger partial charge in [0.2, 0.25) is 11.8 Å². The Morgan fingerprint density at radius 1 is 1.28 bits per heavy atom. The van der Waals surface area contributed by atoms with Crippen molar-refractivity contribution in [2.45, 2.75) is 31.7 Å². The average Bonchev–Trinajstić information content (AvgIpc) is 3.48. The molecule has 3 aromatic rings. The fourth-order valence-electron chi connectivity index (χ4n) is 4.51. The van der Waals surface area contributed by atoms with Crippen LogP contribution in [-0.2, 0) is 22.7 Å². The minimum absolute atomic E-state index is 0.0271. The summed E-state index contributed by atoms with van der Waals surface area (Å²) in [5, 5.41) is 15.5. The molecule has 1 fully saturated rings. The van der Waals surface area contributed by atoms with Gasteiger partial charge in [-0.25, -0.2) is 4.39 Å². The Labute approximate surface area is 229 Å². The summed E-state index contributed by atoms with van der Waals surface area (Å²) >= 11 is 6.00. The topological polar surface area (TPSA) is 135 Å². The number of carbonyl (C=O) groups is 3. The highest BCUT2D eigenvalue weighted by Crippen LogP contribution is 2.26. The number of benzene rings is 2. The predicted molar refractivity (Wildman–Crippen MR) is 146 cm³/mol. The van der Waals surface area contributed by atoms with Crippen LogP contribution in [0.1, 0.15) is 28.0 Å². The smallest absolute Gasteiger partial charge is 0.269 e. The van der Waals surface area contributed by atoms with Crippen molar-refractivity contribution in [2.75, 3.05) is 13.6 Å². The molecular formula is C27H27ClFN7O3. The van der Waals surface area contributed by atoms with Crippen LogP contribution in [0.5, 0.6) is 0 Å². The van der Waals surface area contributed by atoms with E-state index in [1.165, 1.54) is 22.8 Å². The fraction of sp³-hybridized carbons (Fsp3) is 0.259. The van der Waals surface area contributed by atoms with Gasteiger partial charge in [-0.05, 0) is 35.4 Å². The van der Waals surface area contributed by atoms with Gasteiger partial charge in [0.15, 0.2) is 5.69 Å². The standard InChI is InChI=1S/C27H27ClFN7O3/c1-3-17(13-33-31-2)18-7-8-22-21(10-18)25(26(30)38)34-36(22)15-24(37)35-14-20(29)11-23(35)27(39)32-12-16-5-4-6-19(28)9-16/h3-10,13,20,23H,1,11-12,14-15H2,2H3,(H2,30,38)(H,32,39)/b17-13+,33-31?/t20-,23+/m1/s1. The second-order valence-corrected chi connectivity index (χ2v) is 9.39. The third-order valence-corrected chi connectivity index (χ3v) is 6.60. The van der Waals surface area contributed by atoms with Gasteiger partial charge in [0.1, 0.15) is 18.8 Å². The Bertz CT molecular complexity index is 1500. The second kappa shape index (κ2) is 12.0. The molecule has 39 heavy (non-hydrogen) atoms. The van der Waals surface area contributed by atoms with Gasteiger partial charge in [0, 0.05) is 36.0 Å². The van der Waals surface area contributed by atoms with Gasteiger partial charge in [0.05, 0.1) is 18.3 Å². The molecule has 0 radical (unpaired) electrons. The molecule has 0 bridgehead atoms. The lowest BCUT2D eigenvalue weighted by molar-refractivity contribution is -0.139. The third-order valence-electron chi connectivity index (χ3n) is 6.36. The van der Waals surface area contributed by atoms with Crippen LogP contribution in [0.2, 0.25) is 5.02 Å². The molecule has 4 rings (SSSR count). The molecule has 0 saturated carbocycles. The van der Waals surface area contributed by atoms with Crippen LogP contribution < -0.4 is 11.1 Å². The van der Waals surface area contributed by atoms with E-state index in [1.807, 2.05) is 0 Å². The summed E-state index contributed by atoms with van der Waals surface area (Å²) < 4.78 is 15.7. The van der Waals surface area contributed by atoms with E-state index in [-0.39, 0.29) is 31.7 Å². The molecule has 0 spiro atoms. The van der Waals surface area contributed by atoms with Gasteiger partial charge >= 0.3 is 0 Å². The number of fused-ring (bicyclic) bond motifs is 1. The van der Waals surface area contributed by atoms with E-state index in [0.29, 0.717) is 27.1 Å². The number of nitrogens with zero attached hydrogens (tertiary/aromatic N) is 5. The van der Waals surface area contributed by atoms with Crippen molar-refractivity contribution >= 4 is 45.8 Å². The summed E-state index contributed by atoms with van der Waals surface area (Å²) in [6, 6.07) is 11.1. The van der Waals surface area contributed by atoms with Crippen LogP contribution in [0.4, 0.5) is 4.39 Å². The number of likely N-dealkylation sites (tertiary alicyclic amines) is 1. The van der Waals surface area contributed by atoms with Gasteiger partial charge in [-0.2, -0.15) is 15.3 Å². The Hall–Kier alpha value is -4.38. The maximum absolute atomic E-state index is 14.4. The molecule has 10 nitrogen and oxygen atoms in total. The number of allylic oxidation sites excluding steroid dienone is 2. The van der Waals surface area contributed by atoms with Crippen molar-refractivity contribution in [3.05, 3.63) is 83.2 Å². The molecule has 202 valence electrons. The summed E-state index contributed by atoms with van der Waals surface area (Å²) in [4.78, 5) is 39.6. The molecule has 1 saturated heterocycles. The lowest BCUT2D eigenvalue weighted by Gasteiger charge is -2.23. The molecule has 12 heteroatoms. The number of nitrogens with one attached hydrogen (secondary N) is 1. The predicted octanol–water partition coefficient (Wildman–Crippen LogP) is 3.65. The second-order valence-electron chi connectivity index (χ2n) is 8.95. The minimum atomic E-state index is -1.35. The zero-order valence-electron chi connectivity index (χ0n) is 21.2. The van der Waals surface area contributed by atoms with E-state index in [1.54, 1.807) is 48.5 Å². The minimum Gasteiger partial charge on any atom is -0.364 e. The first-order chi connectivity index (χ1) is 18.7. The highest BCUT2D eigenvalue weighted by molar-refractivity contribution is 6.30. The maximum Gasteiger partial charge on any atom is 0.269 e. The third kappa shape index (κ3) is 6.20. The van der Waals surface area contributed by atoms with E-state index in [9.17, 15) is 18.8 Å². The number of nitrogens with two attached hydrogens (primary N) is 1. The average molecular weight is 552 g/mol. The van der Waals surface area contributed by atoms with Crippen molar-refractivity contribution in [3.63, 3.8) is 0 Å². The first-order valence-electron chi connectivity index (χ1n) is 12.1. The monoisotopic (exact) mass is 551 g/mol. The molecule has 1 aliphatic rings. The number of aromatic nitrogens is 2. The number of azo groups is 1. The van der Waals surface area contributed by atoms with Crippen molar-refractivity contribution in [1.29, 1.82) is 0 Å². The molecule has 0 unspecified atom stereocenters. The highest BCUT2D eigenvalue weighted by atomic mass is 35.5. The lowest BCUT2D eigenvalue weighted by Crippen LogP contribution is -2.46. The van der Waals surface area contributed by atoms with Gasteiger partial charge in [-0.15, -0.1) is 0 Å². The normalized spacial score (nSPS) is 17.6. The number of primary amides is 1. The summed E-state index contributed by atoms with van der Waals surface area (Å²) in [5.74, 6) is -1.76. The van der Waals surface area contributed by atoms with E-state index in [4.69, 9.17) is 17.3 Å². The highest BCUT2D eigenvalue weighted by Gasteiger charge is 2.40. The molecule has 1 aliphatic heterocycles. The zero-order chi connectivity index (χ0) is 28.1.